The highest BCUT2D eigenvalue weighted by Gasteiger charge is 2.36. The smallest absolute Gasteiger partial charge is 0.303 e. The number of rotatable bonds is 4. The average Bonchev–Trinajstić information content (AvgIpc) is 2.93. The largest absolute Gasteiger partial charge is 0.493 e. The normalized spacial score (nSPS) is 28.9. The third kappa shape index (κ3) is 3.05. The van der Waals surface area contributed by atoms with Gasteiger partial charge in [-0.05, 0) is 31.4 Å². The first-order valence-electron chi connectivity index (χ1n) is 7.82. The second-order valence-electron chi connectivity index (χ2n) is 6.35. The van der Waals surface area contributed by atoms with Crippen molar-refractivity contribution in [3.63, 3.8) is 0 Å². The Hall–Kier alpha value is -1.55. The van der Waals surface area contributed by atoms with Gasteiger partial charge in [-0.2, -0.15) is 0 Å². The summed E-state index contributed by atoms with van der Waals surface area (Å²) in [6.45, 7) is 5.08. The first-order chi connectivity index (χ1) is 10.1. The number of nitrogens with zero attached hydrogens (tertiary/aromatic N) is 1. The van der Waals surface area contributed by atoms with Crippen LogP contribution in [0.5, 0.6) is 5.75 Å². The van der Waals surface area contributed by atoms with Gasteiger partial charge in [0.1, 0.15) is 5.75 Å². The Morgan fingerprint density at radius 2 is 2.24 bits per heavy atom. The molecule has 1 N–H and O–H groups in total. The number of benzene rings is 1. The number of likely N-dealkylation sites (tertiary alicyclic amines) is 1. The average molecular weight is 289 g/mol. The topological polar surface area (TPSA) is 49.8 Å². The molecule has 3 atom stereocenters. The molecule has 1 aromatic rings. The zero-order chi connectivity index (χ0) is 14.8. The Balaban J connectivity index is 1.71. The lowest BCUT2D eigenvalue weighted by atomic mass is 9.90. The molecule has 0 spiro atoms. The van der Waals surface area contributed by atoms with E-state index >= 15 is 0 Å². The summed E-state index contributed by atoms with van der Waals surface area (Å²) in [5, 5.41) is 8.83. The maximum Gasteiger partial charge on any atom is 0.303 e. The Morgan fingerprint density at radius 3 is 3.05 bits per heavy atom. The van der Waals surface area contributed by atoms with E-state index in [0.717, 1.165) is 38.3 Å². The molecule has 3 rings (SSSR count). The maximum absolute atomic E-state index is 10.7. The molecule has 0 amide bonds. The lowest BCUT2D eigenvalue weighted by Gasteiger charge is -2.37. The molecule has 0 radical (unpaired) electrons. The fourth-order valence-electron chi connectivity index (χ4n) is 3.71. The highest BCUT2D eigenvalue weighted by Crippen LogP contribution is 2.41. The molecule has 114 valence electrons. The molecule has 0 aromatic heterocycles. The zero-order valence-electron chi connectivity index (χ0n) is 12.5. The summed E-state index contributed by atoms with van der Waals surface area (Å²) in [5.74, 6) is 1.31. The molecule has 0 bridgehead atoms. The molecule has 2 aliphatic rings. The van der Waals surface area contributed by atoms with Gasteiger partial charge in [0.15, 0.2) is 0 Å². The second kappa shape index (κ2) is 6.06. The number of carbonyl (C=O) groups is 1. The minimum absolute atomic E-state index is 0.290. The Bertz CT molecular complexity index is 517. The Kier molecular flexibility index (Phi) is 4.15. The van der Waals surface area contributed by atoms with Crippen molar-refractivity contribution in [2.45, 2.75) is 32.2 Å². The van der Waals surface area contributed by atoms with Gasteiger partial charge in [-0.25, -0.2) is 0 Å². The predicted octanol–water partition coefficient (Wildman–Crippen LogP) is 2.94. The van der Waals surface area contributed by atoms with Crippen LogP contribution in [0.3, 0.4) is 0 Å². The monoisotopic (exact) mass is 289 g/mol. The highest BCUT2D eigenvalue weighted by atomic mass is 16.5. The molecule has 1 fully saturated rings. The molecule has 1 saturated heterocycles. The van der Waals surface area contributed by atoms with E-state index in [1.165, 1.54) is 5.56 Å². The second-order valence-corrected chi connectivity index (χ2v) is 6.35. The van der Waals surface area contributed by atoms with Crippen molar-refractivity contribution in [2.75, 3.05) is 19.7 Å². The van der Waals surface area contributed by atoms with E-state index < -0.39 is 5.97 Å². The lowest BCUT2D eigenvalue weighted by Crippen LogP contribution is -2.36. The summed E-state index contributed by atoms with van der Waals surface area (Å²) in [7, 11) is 0. The van der Waals surface area contributed by atoms with Crippen molar-refractivity contribution in [1.29, 1.82) is 0 Å². The zero-order valence-corrected chi connectivity index (χ0v) is 12.5. The molecule has 4 nitrogen and oxygen atoms in total. The number of para-hydroxylation sites is 1. The summed E-state index contributed by atoms with van der Waals surface area (Å²) >= 11 is 0. The molecule has 0 aliphatic carbocycles. The van der Waals surface area contributed by atoms with Gasteiger partial charge >= 0.3 is 5.97 Å². The first-order valence-corrected chi connectivity index (χ1v) is 7.82. The third-order valence-electron chi connectivity index (χ3n) is 4.76. The SMILES string of the molecule is CC1COc2ccccc2C1N1CCC(CCC(=O)O)C1. The number of aliphatic carboxylic acids is 1. The van der Waals surface area contributed by atoms with Crippen molar-refractivity contribution in [3.05, 3.63) is 29.8 Å². The van der Waals surface area contributed by atoms with Gasteiger partial charge in [0.25, 0.3) is 0 Å². The molecule has 0 saturated carbocycles. The molecule has 2 aliphatic heterocycles. The van der Waals surface area contributed by atoms with Crippen LogP contribution in [0.2, 0.25) is 0 Å². The van der Waals surface area contributed by atoms with Gasteiger partial charge in [-0.3, -0.25) is 9.69 Å². The maximum atomic E-state index is 10.7. The standard InChI is InChI=1S/C17H23NO3/c1-12-11-21-15-5-3-2-4-14(15)17(12)18-9-8-13(10-18)6-7-16(19)20/h2-5,12-13,17H,6-11H2,1H3,(H,19,20). The number of carboxylic acid groups (broad SMARTS) is 1. The summed E-state index contributed by atoms with van der Waals surface area (Å²) in [5.41, 5.74) is 1.29. The van der Waals surface area contributed by atoms with Gasteiger partial charge in [0.2, 0.25) is 0 Å². The van der Waals surface area contributed by atoms with Gasteiger partial charge < -0.3 is 9.84 Å². The molecular weight excluding hydrogens is 266 g/mol. The van der Waals surface area contributed by atoms with Crippen molar-refractivity contribution in [1.82, 2.24) is 4.90 Å². The molecule has 3 unspecified atom stereocenters. The van der Waals surface area contributed by atoms with Crippen LogP contribution >= 0.6 is 0 Å². The van der Waals surface area contributed by atoms with Gasteiger partial charge in [0.05, 0.1) is 6.61 Å². The van der Waals surface area contributed by atoms with Crippen LogP contribution in [0.15, 0.2) is 24.3 Å². The summed E-state index contributed by atoms with van der Waals surface area (Å²) < 4.78 is 5.83. The minimum Gasteiger partial charge on any atom is -0.493 e. The van der Waals surface area contributed by atoms with E-state index in [9.17, 15) is 4.79 Å². The molecule has 21 heavy (non-hydrogen) atoms. The van der Waals surface area contributed by atoms with Gasteiger partial charge in [-0.15, -0.1) is 0 Å². The van der Waals surface area contributed by atoms with Crippen LogP contribution in [0.4, 0.5) is 0 Å². The van der Waals surface area contributed by atoms with Crippen molar-refractivity contribution in [2.24, 2.45) is 11.8 Å². The van der Waals surface area contributed by atoms with Crippen LogP contribution in [0, 0.1) is 11.8 Å². The van der Waals surface area contributed by atoms with Crippen LogP contribution in [0.1, 0.15) is 37.8 Å². The van der Waals surface area contributed by atoms with E-state index in [4.69, 9.17) is 9.84 Å². The number of hydrogen-bond acceptors (Lipinski definition) is 3. The number of fused-ring (bicyclic) bond motifs is 1. The van der Waals surface area contributed by atoms with Gasteiger partial charge in [0, 0.05) is 30.5 Å². The van der Waals surface area contributed by atoms with Gasteiger partial charge in [-0.1, -0.05) is 25.1 Å². The van der Waals surface area contributed by atoms with E-state index in [0.29, 0.717) is 24.3 Å². The van der Waals surface area contributed by atoms with Crippen molar-refractivity contribution in [3.8, 4) is 5.75 Å². The van der Waals surface area contributed by atoms with E-state index in [2.05, 4.69) is 24.0 Å². The van der Waals surface area contributed by atoms with Crippen LogP contribution in [-0.2, 0) is 4.79 Å². The van der Waals surface area contributed by atoms with Crippen molar-refractivity contribution >= 4 is 5.97 Å². The van der Waals surface area contributed by atoms with Crippen LogP contribution in [-0.4, -0.2) is 35.7 Å². The molecular formula is C17H23NO3. The summed E-state index contributed by atoms with van der Waals surface area (Å²) in [6, 6.07) is 8.72. The minimum atomic E-state index is -0.682. The van der Waals surface area contributed by atoms with E-state index in [1.54, 1.807) is 0 Å². The Morgan fingerprint density at radius 1 is 1.43 bits per heavy atom. The Labute approximate surface area is 125 Å². The fraction of sp³-hybridized carbons (Fsp3) is 0.588. The molecule has 4 heteroatoms. The number of ether oxygens (including phenoxy) is 1. The van der Waals surface area contributed by atoms with E-state index in [1.807, 2.05) is 12.1 Å². The van der Waals surface area contributed by atoms with E-state index in [-0.39, 0.29) is 0 Å². The molecule has 2 heterocycles. The highest BCUT2D eigenvalue weighted by molar-refractivity contribution is 5.66. The van der Waals surface area contributed by atoms with Crippen molar-refractivity contribution < 1.29 is 14.6 Å². The first kappa shape index (κ1) is 14.4. The summed E-state index contributed by atoms with van der Waals surface area (Å²) in [6.07, 6.45) is 2.20. The number of carboxylic acids is 1. The van der Waals surface area contributed by atoms with Crippen LogP contribution in [0.25, 0.3) is 0 Å². The lowest BCUT2D eigenvalue weighted by molar-refractivity contribution is -0.137. The number of hydrogen-bond donors (Lipinski definition) is 1. The van der Waals surface area contributed by atoms with Crippen LogP contribution < -0.4 is 4.74 Å². The summed E-state index contributed by atoms with van der Waals surface area (Å²) in [4.78, 5) is 13.3. The fourth-order valence-corrected chi connectivity index (χ4v) is 3.71. The third-order valence-corrected chi connectivity index (χ3v) is 4.76. The predicted molar refractivity (Wildman–Crippen MR) is 80.4 cm³/mol. The quantitative estimate of drug-likeness (QED) is 0.926. The molecule has 1 aromatic carbocycles.